The molecule has 0 bridgehead atoms. The highest BCUT2D eigenvalue weighted by Crippen LogP contribution is 2.26. The second-order valence-electron chi connectivity index (χ2n) is 5.58. The predicted octanol–water partition coefficient (Wildman–Crippen LogP) is 3.84. The van der Waals surface area contributed by atoms with E-state index >= 15 is 0 Å². The Labute approximate surface area is 121 Å². The second-order valence-corrected chi connectivity index (χ2v) is 5.58. The van der Waals surface area contributed by atoms with E-state index in [1.165, 1.54) is 19.3 Å². The van der Waals surface area contributed by atoms with Gasteiger partial charge in [-0.3, -0.25) is 4.79 Å². The van der Waals surface area contributed by atoms with Gasteiger partial charge in [0.2, 0.25) is 5.91 Å². The van der Waals surface area contributed by atoms with Crippen LogP contribution in [-0.2, 0) is 4.79 Å². The fourth-order valence-electron chi connectivity index (χ4n) is 2.91. The van der Waals surface area contributed by atoms with Crippen molar-refractivity contribution in [2.45, 2.75) is 51.5 Å². The summed E-state index contributed by atoms with van der Waals surface area (Å²) >= 11 is 0. The Morgan fingerprint density at radius 1 is 1.25 bits per heavy atom. The number of hydrogen-bond acceptors (Lipinski definition) is 2. The molecule has 110 valence electrons. The highest BCUT2D eigenvalue weighted by Gasteiger charge is 2.23. The van der Waals surface area contributed by atoms with Crippen molar-refractivity contribution in [3.05, 3.63) is 29.8 Å². The lowest BCUT2D eigenvalue weighted by molar-refractivity contribution is -0.126. The van der Waals surface area contributed by atoms with Gasteiger partial charge in [0.05, 0.1) is 13.2 Å². The maximum atomic E-state index is 12.3. The number of methoxy groups -OCH3 is 1. The van der Waals surface area contributed by atoms with Crippen molar-refractivity contribution in [3.63, 3.8) is 0 Å². The van der Waals surface area contributed by atoms with Crippen LogP contribution in [0.2, 0.25) is 0 Å². The van der Waals surface area contributed by atoms with Gasteiger partial charge in [0.25, 0.3) is 0 Å². The van der Waals surface area contributed by atoms with Gasteiger partial charge in [0.15, 0.2) is 0 Å². The summed E-state index contributed by atoms with van der Waals surface area (Å²) in [5.74, 6) is 1.30. The molecule has 1 aromatic rings. The third-order valence-electron chi connectivity index (χ3n) is 4.22. The second kappa shape index (κ2) is 7.32. The molecule has 20 heavy (non-hydrogen) atoms. The summed E-state index contributed by atoms with van der Waals surface area (Å²) < 4.78 is 5.17. The van der Waals surface area contributed by atoms with Gasteiger partial charge in [-0.1, -0.05) is 38.3 Å². The first kappa shape index (κ1) is 14.9. The van der Waals surface area contributed by atoms with Gasteiger partial charge in [0, 0.05) is 5.92 Å². The fourth-order valence-corrected chi connectivity index (χ4v) is 2.91. The third-order valence-corrected chi connectivity index (χ3v) is 4.22. The average Bonchev–Trinajstić information content (AvgIpc) is 2.53. The molecule has 1 aromatic carbocycles. The van der Waals surface area contributed by atoms with Gasteiger partial charge < -0.3 is 10.1 Å². The zero-order valence-electron chi connectivity index (χ0n) is 12.5. The van der Waals surface area contributed by atoms with Crippen LogP contribution in [0.5, 0.6) is 5.75 Å². The molecule has 1 aliphatic rings. The number of ether oxygens (including phenoxy) is 1. The van der Waals surface area contributed by atoms with Gasteiger partial charge in [-0.05, 0) is 37.0 Å². The van der Waals surface area contributed by atoms with Crippen LogP contribution in [-0.4, -0.2) is 13.0 Å². The zero-order chi connectivity index (χ0) is 14.4. The molecule has 1 saturated carbocycles. The van der Waals surface area contributed by atoms with Crippen molar-refractivity contribution in [2.24, 2.45) is 5.92 Å². The SMILES string of the molecule is CC[C@@H](NC(=O)C1CCCCC1)c1ccc(OC)cc1. The van der Waals surface area contributed by atoms with E-state index in [-0.39, 0.29) is 17.9 Å². The highest BCUT2D eigenvalue weighted by atomic mass is 16.5. The lowest BCUT2D eigenvalue weighted by Gasteiger charge is -2.24. The van der Waals surface area contributed by atoms with Crippen molar-refractivity contribution < 1.29 is 9.53 Å². The van der Waals surface area contributed by atoms with E-state index in [0.717, 1.165) is 30.6 Å². The van der Waals surface area contributed by atoms with Crippen LogP contribution in [0.25, 0.3) is 0 Å². The summed E-state index contributed by atoms with van der Waals surface area (Å²) in [6.07, 6.45) is 6.66. The van der Waals surface area contributed by atoms with Crippen LogP contribution in [0.15, 0.2) is 24.3 Å². The molecule has 0 spiro atoms. The van der Waals surface area contributed by atoms with Crippen LogP contribution < -0.4 is 10.1 Å². The first-order chi connectivity index (χ1) is 9.74. The molecule has 3 nitrogen and oxygen atoms in total. The molecule has 1 amide bonds. The van der Waals surface area contributed by atoms with Crippen LogP contribution in [0.4, 0.5) is 0 Å². The normalized spacial score (nSPS) is 17.5. The summed E-state index contributed by atoms with van der Waals surface area (Å²) in [4.78, 5) is 12.3. The van der Waals surface area contributed by atoms with E-state index in [4.69, 9.17) is 4.74 Å². The number of carbonyl (C=O) groups excluding carboxylic acids is 1. The standard InChI is InChI=1S/C17H25NO2/c1-3-16(13-9-11-15(20-2)12-10-13)18-17(19)14-7-5-4-6-8-14/h9-12,14,16H,3-8H2,1-2H3,(H,18,19)/t16-/m1/s1. The summed E-state index contributed by atoms with van der Waals surface area (Å²) in [6, 6.07) is 8.08. The van der Waals surface area contributed by atoms with Crippen molar-refractivity contribution >= 4 is 5.91 Å². The fraction of sp³-hybridized carbons (Fsp3) is 0.588. The van der Waals surface area contributed by atoms with Gasteiger partial charge in [-0.2, -0.15) is 0 Å². The van der Waals surface area contributed by atoms with E-state index < -0.39 is 0 Å². The Hall–Kier alpha value is -1.51. The average molecular weight is 275 g/mol. The summed E-state index contributed by atoms with van der Waals surface area (Å²) in [6.45, 7) is 2.11. The topological polar surface area (TPSA) is 38.3 Å². The molecule has 0 heterocycles. The molecule has 3 heteroatoms. The molecular formula is C17H25NO2. The summed E-state index contributed by atoms with van der Waals surface area (Å²) in [5, 5.41) is 3.21. The van der Waals surface area contributed by atoms with E-state index in [2.05, 4.69) is 12.2 Å². The molecule has 1 N–H and O–H groups in total. The molecule has 0 aromatic heterocycles. The lowest BCUT2D eigenvalue weighted by atomic mass is 9.88. The highest BCUT2D eigenvalue weighted by molar-refractivity contribution is 5.79. The van der Waals surface area contributed by atoms with E-state index in [1.807, 2.05) is 24.3 Å². The molecular weight excluding hydrogens is 250 g/mol. The van der Waals surface area contributed by atoms with Gasteiger partial charge in [-0.25, -0.2) is 0 Å². The number of amides is 1. The largest absolute Gasteiger partial charge is 0.497 e. The summed E-state index contributed by atoms with van der Waals surface area (Å²) in [5.41, 5.74) is 1.15. The molecule has 0 radical (unpaired) electrons. The summed E-state index contributed by atoms with van der Waals surface area (Å²) in [7, 11) is 1.66. The molecule has 1 fully saturated rings. The Bertz CT molecular complexity index is 421. The molecule has 0 unspecified atom stereocenters. The van der Waals surface area contributed by atoms with Crippen molar-refractivity contribution in [2.75, 3.05) is 7.11 Å². The monoisotopic (exact) mass is 275 g/mol. The Morgan fingerprint density at radius 3 is 2.45 bits per heavy atom. The number of hydrogen-bond donors (Lipinski definition) is 1. The minimum atomic E-state index is 0.107. The molecule has 0 aliphatic heterocycles. The van der Waals surface area contributed by atoms with Crippen LogP contribution >= 0.6 is 0 Å². The first-order valence-corrected chi connectivity index (χ1v) is 7.69. The third kappa shape index (κ3) is 3.75. The Morgan fingerprint density at radius 2 is 1.90 bits per heavy atom. The molecule has 0 saturated heterocycles. The van der Waals surface area contributed by atoms with Crippen LogP contribution in [0, 0.1) is 5.92 Å². The quantitative estimate of drug-likeness (QED) is 0.886. The predicted molar refractivity (Wildman–Crippen MR) is 80.7 cm³/mol. The van der Waals surface area contributed by atoms with Crippen LogP contribution in [0.3, 0.4) is 0 Å². The molecule has 2 rings (SSSR count). The number of rotatable bonds is 5. The maximum Gasteiger partial charge on any atom is 0.223 e. The zero-order valence-corrected chi connectivity index (χ0v) is 12.5. The number of nitrogens with one attached hydrogen (secondary N) is 1. The van der Waals surface area contributed by atoms with Gasteiger partial charge in [-0.15, -0.1) is 0 Å². The number of carbonyl (C=O) groups is 1. The number of benzene rings is 1. The van der Waals surface area contributed by atoms with Gasteiger partial charge in [0.1, 0.15) is 5.75 Å². The minimum Gasteiger partial charge on any atom is -0.497 e. The first-order valence-electron chi connectivity index (χ1n) is 7.69. The molecule has 1 atom stereocenters. The van der Waals surface area contributed by atoms with Crippen molar-refractivity contribution in [3.8, 4) is 5.75 Å². The Balaban J connectivity index is 1.98. The van der Waals surface area contributed by atoms with Gasteiger partial charge >= 0.3 is 0 Å². The molecule has 1 aliphatic carbocycles. The van der Waals surface area contributed by atoms with E-state index in [0.29, 0.717) is 0 Å². The van der Waals surface area contributed by atoms with E-state index in [1.54, 1.807) is 7.11 Å². The van der Waals surface area contributed by atoms with E-state index in [9.17, 15) is 4.79 Å². The van der Waals surface area contributed by atoms with Crippen molar-refractivity contribution in [1.29, 1.82) is 0 Å². The van der Waals surface area contributed by atoms with Crippen LogP contribution in [0.1, 0.15) is 57.1 Å². The Kier molecular flexibility index (Phi) is 5.45. The minimum absolute atomic E-state index is 0.107. The van der Waals surface area contributed by atoms with Crippen molar-refractivity contribution in [1.82, 2.24) is 5.32 Å². The maximum absolute atomic E-state index is 12.3. The lowest BCUT2D eigenvalue weighted by Crippen LogP contribution is -2.34. The smallest absolute Gasteiger partial charge is 0.223 e.